The molecule has 0 spiro atoms. The summed E-state index contributed by atoms with van der Waals surface area (Å²) in [5.74, 6) is 1.05. The molecule has 1 N–H and O–H groups in total. The van der Waals surface area contributed by atoms with Crippen molar-refractivity contribution in [3.05, 3.63) is 40.2 Å². The molecule has 0 saturated heterocycles. The van der Waals surface area contributed by atoms with Gasteiger partial charge in [-0.15, -0.1) is 0 Å². The van der Waals surface area contributed by atoms with Gasteiger partial charge in [0.05, 0.1) is 6.20 Å². The molecule has 0 saturated carbocycles. The third-order valence-corrected chi connectivity index (χ3v) is 2.89. The number of aromatic nitrogens is 4. The zero-order valence-corrected chi connectivity index (χ0v) is 12.2. The number of carbonyl (C=O) groups excluding carboxylic acids is 1. The zero-order valence-electron chi connectivity index (χ0n) is 12.2. The molecule has 0 radical (unpaired) electrons. The molecule has 0 aliphatic carbocycles. The van der Waals surface area contributed by atoms with Crippen LogP contribution in [0, 0.1) is 0 Å². The van der Waals surface area contributed by atoms with Gasteiger partial charge in [0.25, 0.3) is 11.5 Å². The molecule has 8 heteroatoms. The van der Waals surface area contributed by atoms with Crippen molar-refractivity contribution in [1.82, 2.24) is 25.0 Å². The van der Waals surface area contributed by atoms with E-state index in [1.54, 1.807) is 7.05 Å². The summed E-state index contributed by atoms with van der Waals surface area (Å²) in [5, 5.41) is 3.87. The third kappa shape index (κ3) is 3.74. The monoisotopic (exact) mass is 291 g/mol. The molecule has 1 amide bonds. The molecule has 8 nitrogen and oxygen atoms in total. The number of carbonyl (C=O) groups is 1. The molecule has 0 unspecified atom stereocenters. The standard InChI is InChI=1S/C13H17N5O3/c1-8(2)12-16-10(17-21-12)4-5-18(3)13(20)9-6-15-11(19)7-14-9/h6-8H,4-5H2,1-3H3,(H,15,19). The highest BCUT2D eigenvalue weighted by Gasteiger charge is 2.15. The molecule has 2 rings (SSSR count). The Morgan fingerprint density at radius 2 is 2.24 bits per heavy atom. The van der Waals surface area contributed by atoms with Crippen molar-refractivity contribution in [2.75, 3.05) is 13.6 Å². The van der Waals surface area contributed by atoms with E-state index in [0.29, 0.717) is 24.7 Å². The smallest absolute Gasteiger partial charge is 0.273 e. The molecule has 0 bridgehead atoms. The maximum Gasteiger partial charge on any atom is 0.273 e. The molecular weight excluding hydrogens is 274 g/mol. The van der Waals surface area contributed by atoms with Gasteiger partial charge in [0.15, 0.2) is 5.82 Å². The van der Waals surface area contributed by atoms with E-state index in [4.69, 9.17) is 4.52 Å². The largest absolute Gasteiger partial charge is 0.340 e. The van der Waals surface area contributed by atoms with Crippen LogP contribution in [0.4, 0.5) is 0 Å². The fourth-order valence-corrected chi connectivity index (χ4v) is 1.63. The van der Waals surface area contributed by atoms with Crippen molar-refractivity contribution in [3.63, 3.8) is 0 Å². The Kier molecular flexibility index (Phi) is 4.46. The molecular formula is C13H17N5O3. The lowest BCUT2D eigenvalue weighted by molar-refractivity contribution is 0.0789. The van der Waals surface area contributed by atoms with Crippen LogP contribution in [0.25, 0.3) is 0 Å². The predicted octanol–water partition coefficient (Wildman–Crippen LogP) is 0.591. The Hall–Kier alpha value is -2.51. The normalized spacial score (nSPS) is 10.9. The van der Waals surface area contributed by atoms with Gasteiger partial charge in [-0.3, -0.25) is 9.59 Å². The van der Waals surface area contributed by atoms with Crippen LogP contribution in [-0.2, 0) is 6.42 Å². The van der Waals surface area contributed by atoms with E-state index in [0.717, 1.165) is 6.20 Å². The lowest BCUT2D eigenvalue weighted by atomic mass is 10.2. The van der Waals surface area contributed by atoms with E-state index in [1.165, 1.54) is 11.1 Å². The highest BCUT2D eigenvalue weighted by atomic mass is 16.5. The van der Waals surface area contributed by atoms with E-state index in [9.17, 15) is 9.59 Å². The van der Waals surface area contributed by atoms with Crippen LogP contribution in [-0.4, -0.2) is 44.5 Å². The van der Waals surface area contributed by atoms with Crippen LogP contribution in [0.15, 0.2) is 21.7 Å². The number of amides is 1. The fourth-order valence-electron chi connectivity index (χ4n) is 1.63. The Bertz CT molecular complexity index is 656. The van der Waals surface area contributed by atoms with E-state index in [1.807, 2.05) is 13.8 Å². The second-order valence-corrected chi connectivity index (χ2v) is 4.98. The van der Waals surface area contributed by atoms with Crippen molar-refractivity contribution < 1.29 is 9.32 Å². The molecule has 112 valence electrons. The maximum atomic E-state index is 12.1. The van der Waals surface area contributed by atoms with Gasteiger partial charge in [-0.25, -0.2) is 4.98 Å². The Labute approximate surface area is 121 Å². The molecule has 0 atom stereocenters. The van der Waals surface area contributed by atoms with E-state index < -0.39 is 0 Å². The first-order valence-electron chi connectivity index (χ1n) is 6.60. The average Bonchev–Trinajstić information content (AvgIpc) is 2.94. The summed E-state index contributed by atoms with van der Waals surface area (Å²) < 4.78 is 5.10. The topological polar surface area (TPSA) is 105 Å². The Morgan fingerprint density at radius 3 is 2.81 bits per heavy atom. The first-order chi connectivity index (χ1) is 9.97. The number of hydrogen-bond donors (Lipinski definition) is 1. The van der Waals surface area contributed by atoms with Gasteiger partial charge in [0.2, 0.25) is 5.89 Å². The van der Waals surface area contributed by atoms with Gasteiger partial charge in [0.1, 0.15) is 5.69 Å². The SMILES string of the molecule is CC(C)c1nc(CCN(C)C(=O)c2c[nH]c(=O)cn2)no1. The van der Waals surface area contributed by atoms with Crippen LogP contribution in [0.3, 0.4) is 0 Å². The molecule has 0 fully saturated rings. The van der Waals surface area contributed by atoms with E-state index in [-0.39, 0.29) is 23.1 Å². The van der Waals surface area contributed by atoms with Gasteiger partial charge in [0, 0.05) is 32.1 Å². The van der Waals surface area contributed by atoms with Crippen molar-refractivity contribution in [1.29, 1.82) is 0 Å². The summed E-state index contributed by atoms with van der Waals surface area (Å²) in [6.45, 7) is 4.36. The number of aromatic amines is 1. The second kappa shape index (κ2) is 6.29. The van der Waals surface area contributed by atoms with Crippen molar-refractivity contribution >= 4 is 5.91 Å². The molecule has 21 heavy (non-hydrogen) atoms. The number of nitrogens with zero attached hydrogens (tertiary/aromatic N) is 4. The number of nitrogens with one attached hydrogen (secondary N) is 1. The summed E-state index contributed by atoms with van der Waals surface area (Å²) >= 11 is 0. The third-order valence-electron chi connectivity index (χ3n) is 2.89. The molecule has 2 aromatic rings. The van der Waals surface area contributed by atoms with Crippen LogP contribution in [0.1, 0.15) is 42.0 Å². The van der Waals surface area contributed by atoms with Gasteiger partial charge < -0.3 is 14.4 Å². The molecule has 0 aromatic carbocycles. The van der Waals surface area contributed by atoms with E-state index >= 15 is 0 Å². The lowest BCUT2D eigenvalue weighted by Crippen LogP contribution is -2.30. The lowest BCUT2D eigenvalue weighted by Gasteiger charge is -2.15. The minimum Gasteiger partial charge on any atom is -0.340 e. The summed E-state index contributed by atoms with van der Waals surface area (Å²) in [5.41, 5.74) is -0.157. The minimum atomic E-state index is -0.345. The number of likely N-dealkylation sites (N-methyl/N-ethyl adjacent to an activating group) is 1. The Balaban J connectivity index is 1.94. The van der Waals surface area contributed by atoms with Crippen LogP contribution in [0.5, 0.6) is 0 Å². The van der Waals surface area contributed by atoms with Gasteiger partial charge in [-0.1, -0.05) is 19.0 Å². The number of hydrogen-bond acceptors (Lipinski definition) is 6. The summed E-state index contributed by atoms with van der Waals surface area (Å²) in [4.78, 5) is 34.9. The Morgan fingerprint density at radius 1 is 1.48 bits per heavy atom. The highest BCUT2D eigenvalue weighted by molar-refractivity contribution is 5.91. The molecule has 0 aliphatic rings. The quantitative estimate of drug-likeness (QED) is 0.864. The zero-order chi connectivity index (χ0) is 15.4. The van der Waals surface area contributed by atoms with Crippen LogP contribution >= 0.6 is 0 Å². The van der Waals surface area contributed by atoms with Crippen molar-refractivity contribution in [2.45, 2.75) is 26.2 Å². The first kappa shape index (κ1) is 14.9. The van der Waals surface area contributed by atoms with Gasteiger partial charge in [-0.05, 0) is 0 Å². The highest BCUT2D eigenvalue weighted by Crippen LogP contribution is 2.11. The molecule has 2 heterocycles. The summed E-state index contributed by atoms with van der Waals surface area (Å²) in [6, 6.07) is 0. The van der Waals surface area contributed by atoms with E-state index in [2.05, 4.69) is 20.1 Å². The predicted molar refractivity (Wildman–Crippen MR) is 73.9 cm³/mol. The maximum absolute atomic E-state index is 12.1. The summed E-state index contributed by atoms with van der Waals surface area (Å²) in [7, 11) is 1.65. The number of H-pyrrole nitrogens is 1. The fraction of sp³-hybridized carbons (Fsp3) is 0.462. The van der Waals surface area contributed by atoms with Gasteiger partial charge >= 0.3 is 0 Å². The van der Waals surface area contributed by atoms with Crippen LogP contribution < -0.4 is 5.56 Å². The summed E-state index contributed by atoms with van der Waals surface area (Å²) in [6.07, 6.45) is 2.86. The average molecular weight is 291 g/mol. The van der Waals surface area contributed by atoms with Gasteiger partial charge in [-0.2, -0.15) is 4.98 Å². The molecule has 2 aromatic heterocycles. The molecule has 0 aliphatic heterocycles. The van der Waals surface area contributed by atoms with Crippen molar-refractivity contribution in [2.24, 2.45) is 0 Å². The first-order valence-corrected chi connectivity index (χ1v) is 6.60. The van der Waals surface area contributed by atoms with Crippen molar-refractivity contribution in [3.8, 4) is 0 Å². The second-order valence-electron chi connectivity index (χ2n) is 4.98. The van der Waals surface area contributed by atoms with Crippen LogP contribution in [0.2, 0.25) is 0 Å². The minimum absolute atomic E-state index is 0.177. The number of rotatable bonds is 5.